The summed E-state index contributed by atoms with van der Waals surface area (Å²) in [5.74, 6) is -1.43. The number of thiazole rings is 1. The normalized spacial score (nSPS) is 12.0. The van der Waals surface area contributed by atoms with Crippen molar-refractivity contribution < 1.29 is 23.1 Å². The molecule has 0 bridgehead atoms. The van der Waals surface area contributed by atoms with Gasteiger partial charge in [-0.05, 0) is 6.42 Å². The van der Waals surface area contributed by atoms with E-state index in [0.29, 0.717) is 11.4 Å². The summed E-state index contributed by atoms with van der Waals surface area (Å²) < 4.78 is 39.1. The van der Waals surface area contributed by atoms with E-state index in [4.69, 9.17) is 0 Å². The summed E-state index contributed by atoms with van der Waals surface area (Å²) in [6, 6.07) is 0. The standard InChI is InChI=1S/C11H12F3N3O2S/c1-2-3-16(6-11(12,13)14)8-7(9(18)19)17-4-5-20-10(17)15-8/h4-5H,2-3,6H2,1H3,(H,18,19). The Balaban J connectivity index is 2.49. The van der Waals surface area contributed by atoms with E-state index < -0.39 is 18.7 Å². The minimum atomic E-state index is -4.41. The van der Waals surface area contributed by atoms with Gasteiger partial charge in [-0.25, -0.2) is 9.78 Å². The maximum atomic E-state index is 12.6. The van der Waals surface area contributed by atoms with Gasteiger partial charge in [-0.1, -0.05) is 6.92 Å². The van der Waals surface area contributed by atoms with Crippen molar-refractivity contribution in [3.63, 3.8) is 0 Å². The smallest absolute Gasteiger partial charge is 0.405 e. The van der Waals surface area contributed by atoms with E-state index in [1.807, 2.05) is 0 Å². The van der Waals surface area contributed by atoms with Gasteiger partial charge in [0.2, 0.25) is 0 Å². The molecule has 0 unspecified atom stereocenters. The predicted octanol–water partition coefficient (Wildman–Crippen LogP) is 2.87. The highest BCUT2D eigenvalue weighted by Gasteiger charge is 2.34. The first kappa shape index (κ1) is 14.6. The average Bonchev–Trinajstić information content (AvgIpc) is 2.84. The molecule has 0 saturated carbocycles. The van der Waals surface area contributed by atoms with Crippen LogP contribution in [0.1, 0.15) is 23.8 Å². The maximum Gasteiger partial charge on any atom is 0.405 e. The maximum absolute atomic E-state index is 12.6. The van der Waals surface area contributed by atoms with Crippen molar-refractivity contribution in [1.82, 2.24) is 9.38 Å². The number of halogens is 3. The van der Waals surface area contributed by atoms with Crippen LogP contribution in [0, 0.1) is 0 Å². The highest BCUT2D eigenvalue weighted by molar-refractivity contribution is 7.15. The fourth-order valence-electron chi connectivity index (χ4n) is 1.94. The first-order chi connectivity index (χ1) is 9.33. The number of hydrogen-bond donors (Lipinski definition) is 1. The molecule has 2 heterocycles. The third kappa shape index (κ3) is 2.87. The lowest BCUT2D eigenvalue weighted by Crippen LogP contribution is -2.36. The molecule has 110 valence electrons. The van der Waals surface area contributed by atoms with Crippen LogP contribution in [0.2, 0.25) is 0 Å². The van der Waals surface area contributed by atoms with Gasteiger partial charge < -0.3 is 10.0 Å². The number of fused-ring (bicyclic) bond motifs is 1. The van der Waals surface area contributed by atoms with E-state index in [-0.39, 0.29) is 18.1 Å². The summed E-state index contributed by atoms with van der Waals surface area (Å²) in [5.41, 5.74) is -0.237. The van der Waals surface area contributed by atoms with Crippen molar-refractivity contribution >= 4 is 28.1 Å². The van der Waals surface area contributed by atoms with E-state index in [9.17, 15) is 23.1 Å². The molecule has 0 aliphatic carbocycles. The van der Waals surface area contributed by atoms with Gasteiger partial charge >= 0.3 is 12.1 Å². The van der Waals surface area contributed by atoms with Crippen LogP contribution >= 0.6 is 11.3 Å². The number of alkyl halides is 3. The largest absolute Gasteiger partial charge is 0.476 e. The summed E-state index contributed by atoms with van der Waals surface area (Å²) in [7, 11) is 0. The third-order valence-corrected chi connectivity index (χ3v) is 3.37. The van der Waals surface area contributed by atoms with Gasteiger partial charge in [0.1, 0.15) is 6.54 Å². The molecule has 0 aliphatic rings. The van der Waals surface area contributed by atoms with Crippen LogP contribution in [0.5, 0.6) is 0 Å². The van der Waals surface area contributed by atoms with Crippen LogP contribution in [0.3, 0.4) is 0 Å². The van der Waals surface area contributed by atoms with Crippen molar-refractivity contribution in [3.8, 4) is 0 Å². The molecule has 2 aromatic rings. The minimum absolute atomic E-state index is 0.0879. The summed E-state index contributed by atoms with van der Waals surface area (Å²) in [4.78, 5) is 16.7. The number of hydrogen-bond acceptors (Lipinski definition) is 4. The van der Waals surface area contributed by atoms with Crippen LogP contribution < -0.4 is 4.90 Å². The summed E-state index contributed by atoms with van der Waals surface area (Å²) in [5, 5.41) is 10.9. The first-order valence-corrected chi connectivity index (χ1v) is 6.72. The Kier molecular flexibility index (Phi) is 3.89. The van der Waals surface area contributed by atoms with Gasteiger partial charge in [0.25, 0.3) is 0 Å². The van der Waals surface area contributed by atoms with Crippen molar-refractivity contribution in [1.29, 1.82) is 0 Å². The van der Waals surface area contributed by atoms with Gasteiger partial charge in [-0.15, -0.1) is 11.3 Å². The Morgan fingerprint density at radius 3 is 2.80 bits per heavy atom. The van der Waals surface area contributed by atoms with E-state index >= 15 is 0 Å². The van der Waals surface area contributed by atoms with E-state index in [2.05, 4.69) is 4.98 Å². The van der Waals surface area contributed by atoms with Crippen LogP contribution in [0.15, 0.2) is 11.6 Å². The average molecular weight is 307 g/mol. The zero-order chi connectivity index (χ0) is 14.9. The Hall–Kier alpha value is -1.77. The monoisotopic (exact) mass is 307 g/mol. The molecule has 0 saturated heterocycles. The third-order valence-electron chi connectivity index (χ3n) is 2.61. The lowest BCUT2D eigenvalue weighted by Gasteiger charge is -2.23. The van der Waals surface area contributed by atoms with E-state index in [1.54, 1.807) is 12.3 Å². The number of anilines is 1. The molecule has 9 heteroatoms. The molecule has 5 nitrogen and oxygen atoms in total. The molecule has 0 fully saturated rings. The molecule has 2 aromatic heterocycles. The van der Waals surface area contributed by atoms with Gasteiger partial charge in [0.05, 0.1) is 0 Å². The highest BCUT2D eigenvalue weighted by Crippen LogP contribution is 2.28. The van der Waals surface area contributed by atoms with Crippen molar-refractivity contribution in [2.24, 2.45) is 0 Å². The second-order valence-electron chi connectivity index (χ2n) is 4.18. The quantitative estimate of drug-likeness (QED) is 0.923. The Labute approximate surface area is 116 Å². The van der Waals surface area contributed by atoms with Crippen LogP contribution in [0.4, 0.5) is 19.0 Å². The Bertz CT molecular complexity index is 620. The fourth-order valence-corrected chi connectivity index (χ4v) is 2.65. The Morgan fingerprint density at radius 2 is 2.25 bits per heavy atom. The number of rotatable bonds is 5. The molecule has 0 amide bonds. The number of nitrogens with zero attached hydrogens (tertiary/aromatic N) is 3. The lowest BCUT2D eigenvalue weighted by molar-refractivity contribution is -0.119. The van der Waals surface area contributed by atoms with Gasteiger partial charge in [0, 0.05) is 18.1 Å². The number of aromatic carboxylic acids is 1. The zero-order valence-corrected chi connectivity index (χ0v) is 11.3. The SMILES string of the molecule is CCCN(CC(F)(F)F)c1nc2sccn2c1C(=O)O. The molecule has 0 radical (unpaired) electrons. The van der Waals surface area contributed by atoms with Gasteiger partial charge in [-0.2, -0.15) is 13.2 Å². The number of aromatic nitrogens is 2. The van der Waals surface area contributed by atoms with Crippen molar-refractivity contribution in [2.45, 2.75) is 19.5 Å². The van der Waals surface area contributed by atoms with Gasteiger partial charge in [-0.3, -0.25) is 4.40 Å². The molecular formula is C11H12F3N3O2S. The topological polar surface area (TPSA) is 57.8 Å². The lowest BCUT2D eigenvalue weighted by atomic mass is 10.3. The van der Waals surface area contributed by atoms with Crippen LogP contribution in [-0.2, 0) is 0 Å². The van der Waals surface area contributed by atoms with Crippen LogP contribution in [-0.4, -0.2) is 39.7 Å². The number of carbonyl (C=O) groups is 1. The molecule has 0 atom stereocenters. The van der Waals surface area contributed by atoms with E-state index in [1.165, 1.54) is 21.9 Å². The molecule has 20 heavy (non-hydrogen) atoms. The molecular weight excluding hydrogens is 295 g/mol. The molecule has 2 rings (SSSR count). The predicted molar refractivity (Wildman–Crippen MR) is 68.6 cm³/mol. The summed E-state index contributed by atoms with van der Waals surface area (Å²) in [6.07, 6.45) is -2.47. The molecule has 0 aromatic carbocycles. The highest BCUT2D eigenvalue weighted by atomic mass is 32.1. The molecule has 0 aliphatic heterocycles. The zero-order valence-electron chi connectivity index (χ0n) is 10.5. The number of carboxylic acids is 1. The molecule has 0 spiro atoms. The van der Waals surface area contributed by atoms with Crippen LogP contribution in [0.25, 0.3) is 4.96 Å². The number of carboxylic acid groups (broad SMARTS) is 1. The number of imidazole rings is 1. The first-order valence-electron chi connectivity index (χ1n) is 5.84. The molecule has 1 N–H and O–H groups in total. The second kappa shape index (κ2) is 5.31. The second-order valence-corrected chi connectivity index (χ2v) is 5.05. The van der Waals surface area contributed by atoms with Crippen molar-refractivity contribution in [2.75, 3.05) is 18.0 Å². The summed E-state index contributed by atoms with van der Waals surface area (Å²) >= 11 is 1.17. The van der Waals surface area contributed by atoms with Gasteiger partial charge in [0.15, 0.2) is 16.5 Å². The minimum Gasteiger partial charge on any atom is -0.476 e. The summed E-state index contributed by atoms with van der Waals surface area (Å²) in [6.45, 7) is 0.596. The van der Waals surface area contributed by atoms with E-state index in [0.717, 1.165) is 4.90 Å². The fraction of sp³-hybridized carbons (Fsp3) is 0.455. The van der Waals surface area contributed by atoms with Crippen molar-refractivity contribution in [3.05, 3.63) is 17.3 Å². The Morgan fingerprint density at radius 1 is 1.55 bits per heavy atom.